The Bertz CT molecular complexity index is 1290. The van der Waals surface area contributed by atoms with Crippen molar-refractivity contribution in [2.24, 2.45) is 0 Å². The summed E-state index contributed by atoms with van der Waals surface area (Å²) >= 11 is 0. The molecule has 0 saturated heterocycles. The molecule has 0 radical (unpaired) electrons. The van der Waals surface area contributed by atoms with Crippen molar-refractivity contribution in [1.82, 2.24) is 14.8 Å². The average molecular weight is 402 g/mol. The molecule has 2 heterocycles. The number of rotatable bonds is 4. The minimum Gasteiger partial charge on any atom is -0.322 e. The van der Waals surface area contributed by atoms with Crippen LogP contribution in [-0.4, -0.2) is 26.5 Å². The van der Waals surface area contributed by atoms with E-state index in [-0.39, 0.29) is 17.5 Å². The number of halogens is 1. The standard InChI is InChI=1S/C23H19FN4O2/c1-13-11-20(23(30)26-18-6-4-5-16(12-18)15(3)29)21-14(2)27-28(22(21)25-13)19-9-7-17(24)8-10-19/h4-12H,1-3H3,(H,26,30). The van der Waals surface area contributed by atoms with E-state index in [0.29, 0.717) is 44.9 Å². The molecule has 2 aromatic heterocycles. The van der Waals surface area contributed by atoms with Crippen LogP contribution in [0, 0.1) is 19.7 Å². The summed E-state index contributed by atoms with van der Waals surface area (Å²) in [7, 11) is 0. The first-order chi connectivity index (χ1) is 14.3. The summed E-state index contributed by atoms with van der Waals surface area (Å²) in [5.41, 5.74) is 3.91. The van der Waals surface area contributed by atoms with E-state index in [1.54, 1.807) is 61.0 Å². The van der Waals surface area contributed by atoms with Gasteiger partial charge in [0, 0.05) is 16.9 Å². The maximum absolute atomic E-state index is 13.3. The summed E-state index contributed by atoms with van der Waals surface area (Å²) in [6.07, 6.45) is 0. The molecule has 1 N–H and O–H groups in total. The highest BCUT2D eigenvalue weighted by atomic mass is 19.1. The summed E-state index contributed by atoms with van der Waals surface area (Å²) in [6.45, 7) is 5.07. The number of hydrogen-bond donors (Lipinski definition) is 1. The van der Waals surface area contributed by atoms with Crippen LogP contribution in [0.2, 0.25) is 0 Å². The second-order valence-electron chi connectivity index (χ2n) is 7.07. The number of pyridine rings is 1. The number of nitrogens with zero attached hydrogens (tertiary/aromatic N) is 3. The first kappa shape index (κ1) is 19.4. The van der Waals surface area contributed by atoms with E-state index >= 15 is 0 Å². The molecule has 0 aliphatic rings. The van der Waals surface area contributed by atoms with Gasteiger partial charge in [-0.3, -0.25) is 9.59 Å². The lowest BCUT2D eigenvalue weighted by Gasteiger charge is -2.09. The van der Waals surface area contributed by atoms with Gasteiger partial charge in [0.05, 0.1) is 22.3 Å². The second kappa shape index (κ2) is 7.51. The van der Waals surface area contributed by atoms with E-state index in [1.807, 2.05) is 0 Å². The average Bonchev–Trinajstić information content (AvgIpc) is 3.04. The van der Waals surface area contributed by atoms with Crippen LogP contribution in [0.4, 0.5) is 10.1 Å². The molecule has 6 nitrogen and oxygen atoms in total. The van der Waals surface area contributed by atoms with Crippen molar-refractivity contribution in [3.05, 3.63) is 82.9 Å². The largest absolute Gasteiger partial charge is 0.322 e. The number of aryl methyl sites for hydroxylation is 2. The lowest BCUT2D eigenvalue weighted by atomic mass is 10.1. The Morgan fingerprint density at radius 3 is 2.47 bits per heavy atom. The van der Waals surface area contributed by atoms with Crippen molar-refractivity contribution in [1.29, 1.82) is 0 Å². The number of carbonyl (C=O) groups excluding carboxylic acids is 2. The van der Waals surface area contributed by atoms with Gasteiger partial charge in [0.1, 0.15) is 5.82 Å². The fourth-order valence-corrected chi connectivity index (χ4v) is 3.37. The maximum atomic E-state index is 13.3. The first-order valence-electron chi connectivity index (χ1n) is 9.39. The van der Waals surface area contributed by atoms with Gasteiger partial charge in [0.15, 0.2) is 11.4 Å². The second-order valence-corrected chi connectivity index (χ2v) is 7.07. The van der Waals surface area contributed by atoms with Crippen molar-refractivity contribution in [3.63, 3.8) is 0 Å². The van der Waals surface area contributed by atoms with Gasteiger partial charge in [-0.05, 0) is 63.2 Å². The van der Waals surface area contributed by atoms with Gasteiger partial charge in [-0.25, -0.2) is 14.1 Å². The van der Waals surface area contributed by atoms with Gasteiger partial charge in [0.2, 0.25) is 0 Å². The monoisotopic (exact) mass is 402 g/mol. The molecule has 0 atom stereocenters. The van der Waals surface area contributed by atoms with Crippen LogP contribution in [-0.2, 0) is 0 Å². The van der Waals surface area contributed by atoms with Crippen LogP contribution in [0.25, 0.3) is 16.7 Å². The summed E-state index contributed by atoms with van der Waals surface area (Å²) < 4.78 is 14.9. The van der Waals surface area contributed by atoms with Gasteiger partial charge in [-0.15, -0.1) is 0 Å². The third-order valence-electron chi connectivity index (χ3n) is 4.78. The predicted octanol–water partition coefficient (Wildman–Crippen LogP) is 4.63. The van der Waals surface area contributed by atoms with Crippen LogP contribution in [0.3, 0.4) is 0 Å². The number of benzene rings is 2. The zero-order chi connectivity index (χ0) is 21.4. The van der Waals surface area contributed by atoms with Crippen molar-refractivity contribution >= 4 is 28.4 Å². The highest BCUT2D eigenvalue weighted by molar-refractivity contribution is 6.13. The van der Waals surface area contributed by atoms with E-state index in [2.05, 4.69) is 15.4 Å². The number of hydrogen-bond acceptors (Lipinski definition) is 4. The van der Waals surface area contributed by atoms with Crippen LogP contribution >= 0.6 is 0 Å². The number of amides is 1. The fourth-order valence-electron chi connectivity index (χ4n) is 3.37. The Kier molecular flexibility index (Phi) is 4.87. The molecule has 7 heteroatoms. The summed E-state index contributed by atoms with van der Waals surface area (Å²) in [4.78, 5) is 29.3. The van der Waals surface area contributed by atoms with Gasteiger partial charge < -0.3 is 5.32 Å². The van der Waals surface area contributed by atoms with E-state index in [0.717, 1.165) is 0 Å². The molecular weight excluding hydrogens is 383 g/mol. The summed E-state index contributed by atoms with van der Waals surface area (Å²) in [5.74, 6) is -0.749. The third-order valence-corrected chi connectivity index (χ3v) is 4.78. The molecule has 0 spiro atoms. The van der Waals surface area contributed by atoms with Crippen LogP contribution in [0.15, 0.2) is 54.6 Å². The Hall–Kier alpha value is -3.87. The van der Waals surface area contributed by atoms with E-state index < -0.39 is 0 Å². The Labute approximate surface area is 172 Å². The molecule has 0 fully saturated rings. The maximum Gasteiger partial charge on any atom is 0.256 e. The minimum absolute atomic E-state index is 0.0790. The molecule has 4 aromatic rings. The number of nitrogens with one attached hydrogen (secondary N) is 1. The fraction of sp³-hybridized carbons (Fsp3) is 0.130. The predicted molar refractivity (Wildman–Crippen MR) is 113 cm³/mol. The number of Topliss-reactive ketones (excluding diaryl/α,β-unsaturated/α-hetero) is 1. The Balaban J connectivity index is 1.79. The minimum atomic E-state index is -0.344. The number of carbonyl (C=O) groups is 2. The summed E-state index contributed by atoms with van der Waals surface area (Å²) in [6, 6.07) is 14.4. The number of ketones is 1. The van der Waals surface area contributed by atoms with Crippen LogP contribution in [0.1, 0.15) is 39.0 Å². The molecule has 0 aliphatic heterocycles. The normalized spacial score (nSPS) is 10.9. The van der Waals surface area contributed by atoms with Crippen LogP contribution in [0.5, 0.6) is 0 Å². The van der Waals surface area contributed by atoms with Crippen molar-refractivity contribution < 1.29 is 14.0 Å². The van der Waals surface area contributed by atoms with Gasteiger partial charge in [-0.2, -0.15) is 5.10 Å². The van der Waals surface area contributed by atoms with E-state index in [1.165, 1.54) is 19.1 Å². The quantitative estimate of drug-likeness (QED) is 0.505. The smallest absolute Gasteiger partial charge is 0.256 e. The summed E-state index contributed by atoms with van der Waals surface area (Å²) in [5, 5.41) is 7.99. The number of anilines is 1. The first-order valence-corrected chi connectivity index (χ1v) is 9.39. The molecule has 1 amide bonds. The molecule has 0 unspecified atom stereocenters. The molecule has 0 bridgehead atoms. The van der Waals surface area contributed by atoms with Gasteiger partial charge >= 0.3 is 0 Å². The van der Waals surface area contributed by atoms with E-state index in [9.17, 15) is 14.0 Å². The third kappa shape index (κ3) is 3.57. The van der Waals surface area contributed by atoms with Crippen LogP contribution < -0.4 is 5.32 Å². The highest BCUT2D eigenvalue weighted by Crippen LogP contribution is 2.26. The highest BCUT2D eigenvalue weighted by Gasteiger charge is 2.20. The topological polar surface area (TPSA) is 76.9 Å². The van der Waals surface area contributed by atoms with Crippen molar-refractivity contribution in [2.75, 3.05) is 5.32 Å². The zero-order valence-corrected chi connectivity index (χ0v) is 16.7. The molecule has 150 valence electrons. The Morgan fingerprint density at radius 1 is 1.03 bits per heavy atom. The van der Waals surface area contributed by atoms with Gasteiger partial charge in [0.25, 0.3) is 5.91 Å². The van der Waals surface area contributed by atoms with Crippen molar-refractivity contribution in [2.45, 2.75) is 20.8 Å². The SMILES string of the molecule is CC(=O)c1cccc(NC(=O)c2cc(C)nc3c2c(C)nn3-c2ccc(F)cc2)c1. The molecule has 4 rings (SSSR count). The molecule has 30 heavy (non-hydrogen) atoms. The zero-order valence-electron chi connectivity index (χ0n) is 16.7. The number of aromatic nitrogens is 3. The number of fused-ring (bicyclic) bond motifs is 1. The van der Waals surface area contributed by atoms with E-state index in [4.69, 9.17) is 0 Å². The Morgan fingerprint density at radius 2 is 1.77 bits per heavy atom. The lowest BCUT2D eigenvalue weighted by Crippen LogP contribution is -2.14. The van der Waals surface area contributed by atoms with Crippen molar-refractivity contribution in [3.8, 4) is 5.69 Å². The molecule has 2 aromatic carbocycles. The molecular formula is C23H19FN4O2. The molecule has 0 aliphatic carbocycles. The van der Waals surface area contributed by atoms with Gasteiger partial charge in [-0.1, -0.05) is 12.1 Å². The lowest BCUT2D eigenvalue weighted by molar-refractivity contribution is 0.101. The molecule has 0 saturated carbocycles.